The molecule has 1 unspecified atom stereocenters. The van der Waals surface area contributed by atoms with Crippen molar-refractivity contribution in [3.05, 3.63) is 48.0 Å². The second kappa shape index (κ2) is 11.6. The molecule has 10 heteroatoms. The number of nitrogens with one attached hydrogen (secondary N) is 1. The number of methoxy groups -OCH3 is 1. The first-order chi connectivity index (χ1) is 16.7. The Labute approximate surface area is 201 Å². The van der Waals surface area contributed by atoms with E-state index in [2.05, 4.69) is 5.32 Å². The molecule has 0 spiro atoms. The number of rotatable bonds is 9. The second-order valence-electron chi connectivity index (χ2n) is 8.45. The fraction of sp³-hybridized carbons (Fsp3) is 0.400. The number of carboxylic acids is 1. The summed E-state index contributed by atoms with van der Waals surface area (Å²) >= 11 is 0. The van der Waals surface area contributed by atoms with Crippen LogP contribution in [0.25, 0.3) is 11.1 Å². The normalized spacial score (nSPS) is 16.3. The molecule has 3 rings (SSSR count). The summed E-state index contributed by atoms with van der Waals surface area (Å²) in [7, 11) is 1.38. The van der Waals surface area contributed by atoms with Crippen molar-refractivity contribution >= 4 is 17.8 Å². The zero-order valence-electron chi connectivity index (χ0n) is 19.6. The van der Waals surface area contributed by atoms with Crippen LogP contribution in [0.3, 0.4) is 0 Å². The number of hydrogen-bond donors (Lipinski definition) is 2. The maximum Gasteiger partial charge on any atom is 0.305 e. The fourth-order valence-corrected chi connectivity index (χ4v) is 4.11. The Morgan fingerprint density at radius 1 is 1.17 bits per heavy atom. The first-order valence-corrected chi connectivity index (χ1v) is 11.2. The molecule has 35 heavy (non-hydrogen) atoms. The lowest BCUT2D eigenvalue weighted by Gasteiger charge is -2.34. The van der Waals surface area contributed by atoms with Crippen molar-refractivity contribution in [2.45, 2.75) is 32.2 Å². The van der Waals surface area contributed by atoms with Gasteiger partial charge in [-0.25, -0.2) is 8.78 Å². The topological polar surface area (TPSA) is 105 Å². The highest BCUT2D eigenvalue weighted by molar-refractivity contribution is 5.90. The highest BCUT2D eigenvalue weighted by Gasteiger charge is 2.31. The van der Waals surface area contributed by atoms with Gasteiger partial charge in [-0.3, -0.25) is 14.4 Å². The van der Waals surface area contributed by atoms with Gasteiger partial charge in [-0.15, -0.1) is 0 Å². The Bertz CT molecular complexity index is 1060. The Hall–Kier alpha value is -3.69. The summed E-state index contributed by atoms with van der Waals surface area (Å²) in [5, 5.41) is 11.5. The van der Waals surface area contributed by atoms with Crippen LogP contribution < -0.4 is 14.8 Å². The predicted molar refractivity (Wildman–Crippen MR) is 123 cm³/mol. The van der Waals surface area contributed by atoms with Crippen LogP contribution in [0.15, 0.2) is 36.4 Å². The molecule has 1 aliphatic heterocycles. The van der Waals surface area contributed by atoms with Gasteiger partial charge in [-0.2, -0.15) is 0 Å². The average Bonchev–Trinajstić information content (AvgIpc) is 2.83. The highest BCUT2D eigenvalue weighted by Crippen LogP contribution is 2.33. The van der Waals surface area contributed by atoms with Gasteiger partial charge in [0.15, 0.2) is 11.6 Å². The lowest BCUT2D eigenvalue weighted by atomic mass is 9.98. The third-order valence-corrected chi connectivity index (χ3v) is 5.78. The molecule has 2 atom stereocenters. The SMILES string of the molecule is COc1cc(F)c(F)cc1-c1ccc(OCC2CCCN(C(=O)[C@@H](CC(=O)O)NC(C)=O)C2)cc1. The maximum atomic E-state index is 13.7. The first kappa shape index (κ1) is 25.9. The quantitative estimate of drug-likeness (QED) is 0.559. The molecule has 2 amide bonds. The molecule has 0 radical (unpaired) electrons. The molecule has 2 N–H and O–H groups in total. The van der Waals surface area contributed by atoms with E-state index in [1.54, 1.807) is 29.2 Å². The van der Waals surface area contributed by atoms with E-state index in [0.29, 0.717) is 36.6 Å². The summed E-state index contributed by atoms with van der Waals surface area (Å²) in [6.07, 6.45) is 1.08. The second-order valence-corrected chi connectivity index (χ2v) is 8.45. The Kier molecular flexibility index (Phi) is 8.62. The van der Waals surface area contributed by atoms with Crippen LogP contribution in [-0.4, -0.2) is 60.6 Å². The number of nitrogens with zero attached hydrogens (tertiary/aromatic N) is 1. The molecule has 2 aromatic carbocycles. The smallest absolute Gasteiger partial charge is 0.305 e. The molecule has 188 valence electrons. The molecule has 0 saturated carbocycles. The number of amides is 2. The molecule has 2 aromatic rings. The summed E-state index contributed by atoms with van der Waals surface area (Å²) in [5.74, 6) is -3.20. The number of benzene rings is 2. The van der Waals surface area contributed by atoms with E-state index in [-0.39, 0.29) is 11.7 Å². The fourth-order valence-electron chi connectivity index (χ4n) is 4.11. The lowest BCUT2D eigenvalue weighted by molar-refractivity contribution is -0.144. The standard InChI is InChI=1S/C25H28F2N2O6/c1-15(30)28-22(12-24(31)32)25(33)29-9-3-4-16(13-29)14-35-18-7-5-17(6-8-18)19-10-20(26)21(27)11-23(19)34-2/h5-8,10-11,16,22H,3-4,9,12-14H2,1-2H3,(H,28,30)(H,31,32)/t16?,22-/m1/s1. The van der Waals surface area contributed by atoms with E-state index in [1.165, 1.54) is 14.0 Å². The van der Waals surface area contributed by atoms with Crippen LogP contribution in [0.4, 0.5) is 8.78 Å². The largest absolute Gasteiger partial charge is 0.496 e. The molecule has 0 bridgehead atoms. The minimum atomic E-state index is -1.17. The average molecular weight is 491 g/mol. The monoisotopic (exact) mass is 490 g/mol. The molecule has 1 saturated heterocycles. The van der Waals surface area contributed by atoms with Crippen molar-refractivity contribution in [1.29, 1.82) is 0 Å². The van der Waals surface area contributed by atoms with Crippen molar-refractivity contribution in [2.24, 2.45) is 5.92 Å². The van der Waals surface area contributed by atoms with E-state index >= 15 is 0 Å². The number of carboxylic acid groups (broad SMARTS) is 1. The van der Waals surface area contributed by atoms with Gasteiger partial charge >= 0.3 is 5.97 Å². The van der Waals surface area contributed by atoms with Crippen molar-refractivity contribution < 1.29 is 37.7 Å². The number of hydrogen-bond acceptors (Lipinski definition) is 5. The van der Waals surface area contributed by atoms with Gasteiger partial charge in [0.25, 0.3) is 0 Å². The number of aliphatic carboxylic acids is 1. The number of likely N-dealkylation sites (tertiary alicyclic amines) is 1. The Balaban J connectivity index is 1.61. The zero-order chi connectivity index (χ0) is 25.5. The molecule has 8 nitrogen and oxygen atoms in total. The predicted octanol–water partition coefficient (Wildman–Crippen LogP) is 3.24. The van der Waals surface area contributed by atoms with E-state index in [4.69, 9.17) is 14.6 Å². The van der Waals surface area contributed by atoms with Crippen molar-refractivity contribution in [2.75, 3.05) is 26.8 Å². The van der Waals surface area contributed by atoms with Crippen molar-refractivity contribution in [1.82, 2.24) is 10.2 Å². The van der Waals surface area contributed by atoms with Crippen LogP contribution >= 0.6 is 0 Å². The molecule has 0 aliphatic carbocycles. The maximum absolute atomic E-state index is 13.7. The number of halogens is 2. The molecule has 1 heterocycles. The van der Waals surface area contributed by atoms with Crippen molar-refractivity contribution in [3.63, 3.8) is 0 Å². The van der Waals surface area contributed by atoms with E-state index < -0.39 is 41.9 Å². The van der Waals surface area contributed by atoms with Gasteiger partial charge < -0.3 is 24.8 Å². The first-order valence-electron chi connectivity index (χ1n) is 11.2. The summed E-state index contributed by atoms with van der Waals surface area (Å²) in [5.41, 5.74) is 1.04. The number of ether oxygens (including phenoxy) is 2. The summed E-state index contributed by atoms with van der Waals surface area (Å²) < 4.78 is 38.3. The van der Waals surface area contributed by atoms with Crippen molar-refractivity contribution in [3.8, 4) is 22.6 Å². The molecule has 1 fully saturated rings. The van der Waals surface area contributed by atoms with Gasteiger partial charge in [0.2, 0.25) is 11.8 Å². The van der Waals surface area contributed by atoms with E-state index in [1.807, 2.05) is 0 Å². The van der Waals surface area contributed by atoms with Crippen LogP contribution in [0.2, 0.25) is 0 Å². The highest BCUT2D eigenvalue weighted by atomic mass is 19.2. The van der Waals surface area contributed by atoms with Crippen LogP contribution in [-0.2, 0) is 14.4 Å². The van der Waals surface area contributed by atoms with Gasteiger partial charge in [0.05, 0.1) is 20.1 Å². The van der Waals surface area contributed by atoms with E-state index in [9.17, 15) is 23.2 Å². The van der Waals surface area contributed by atoms with Gasteiger partial charge in [-0.1, -0.05) is 12.1 Å². The molecule has 0 aromatic heterocycles. The van der Waals surface area contributed by atoms with Crippen LogP contribution in [0.5, 0.6) is 11.5 Å². The van der Waals surface area contributed by atoms with E-state index in [0.717, 1.165) is 25.0 Å². The van der Waals surface area contributed by atoms with Gasteiger partial charge in [0.1, 0.15) is 17.5 Å². The Morgan fingerprint density at radius 3 is 2.49 bits per heavy atom. The number of carbonyl (C=O) groups is 3. The lowest BCUT2D eigenvalue weighted by Crippen LogP contribution is -2.52. The zero-order valence-corrected chi connectivity index (χ0v) is 19.6. The summed E-state index contributed by atoms with van der Waals surface area (Å²) in [4.78, 5) is 36.9. The Morgan fingerprint density at radius 2 is 1.86 bits per heavy atom. The third-order valence-electron chi connectivity index (χ3n) is 5.78. The number of carbonyl (C=O) groups excluding carboxylic acids is 2. The summed E-state index contributed by atoms with van der Waals surface area (Å²) in [6.45, 7) is 2.44. The van der Waals surface area contributed by atoms with Crippen LogP contribution in [0.1, 0.15) is 26.2 Å². The van der Waals surface area contributed by atoms with Gasteiger partial charge in [0, 0.05) is 37.6 Å². The van der Waals surface area contributed by atoms with Gasteiger partial charge in [-0.05, 0) is 36.6 Å². The minimum Gasteiger partial charge on any atom is -0.496 e. The molecule has 1 aliphatic rings. The molecular formula is C25H28F2N2O6. The number of piperidine rings is 1. The third kappa shape index (κ3) is 6.91. The minimum absolute atomic E-state index is 0.0291. The van der Waals surface area contributed by atoms with Crippen LogP contribution in [0, 0.1) is 17.6 Å². The summed E-state index contributed by atoms with van der Waals surface area (Å²) in [6, 6.07) is 7.82. The molecular weight excluding hydrogens is 462 g/mol.